The maximum absolute atomic E-state index is 12.4. The SMILES string of the molecule is CCCC1=C(C(=O)OCC)[C@@H](c2ccccc2Cl)NC(=S)N1. The molecule has 1 aliphatic rings. The third-order valence-electron chi connectivity index (χ3n) is 3.37. The Kier molecular flexibility index (Phi) is 5.80. The molecule has 0 spiro atoms. The maximum atomic E-state index is 12.4. The van der Waals surface area contributed by atoms with Crippen LogP contribution in [-0.2, 0) is 9.53 Å². The first kappa shape index (κ1) is 16.8. The first-order valence-electron chi connectivity index (χ1n) is 7.30. The van der Waals surface area contributed by atoms with Crippen LogP contribution >= 0.6 is 23.8 Å². The number of thiocarbonyl (C=S) groups is 1. The molecule has 0 saturated carbocycles. The predicted octanol–water partition coefficient (Wildman–Crippen LogP) is 3.48. The average molecular weight is 339 g/mol. The second kappa shape index (κ2) is 7.61. The second-order valence-corrected chi connectivity index (χ2v) is 5.73. The van der Waals surface area contributed by atoms with Gasteiger partial charge in [0.2, 0.25) is 0 Å². The normalized spacial score (nSPS) is 17.8. The van der Waals surface area contributed by atoms with Crippen molar-refractivity contribution in [3.8, 4) is 0 Å². The molecule has 0 amide bonds. The lowest BCUT2D eigenvalue weighted by Crippen LogP contribution is -2.45. The number of nitrogens with one attached hydrogen (secondary N) is 2. The van der Waals surface area contributed by atoms with Crippen LogP contribution in [0.5, 0.6) is 0 Å². The monoisotopic (exact) mass is 338 g/mol. The Labute approximate surface area is 140 Å². The van der Waals surface area contributed by atoms with Crippen molar-refractivity contribution in [1.29, 1.82) is 0 Å². The number of ether oxygens (including phenoxy) is 1. The molecule has 0 saturated heterocycles. The molecular weight excluding hydrogens is 320 g/mol. The zero-order chi connectivity index (χ0) is 16.1. The number of allylic oxidation sites excluding steroid dienone is 1. The lowest BCUT2D eigenvalue weighted by molar-refractivity contribution is -0.139. The lowest BCUT2D eigenvalue weighted by Gasteiger charge is -2.31. The van der Waals surface area contributed by atoms with Gasteiger partial charge in [0, 0.05) is 10.7 Å². The van der Waals surface area contributed by atoms with Crippen LogP contribution in [-0.4, -0.2) is 17.7 Å². The Morgan fingerprint density at radius 1 is 1.36 bits per heavy atom. The Morgan fingerprint density at radius 3 is 2.73 bits per heavy atom. The fourth-order valence-electron chi connectivity index (χ4n) is 2.46. The number of rotatable bonds is 5. The summed E-state index contributed by atoms with van der Waals surface area (Å²) in [5.74, 6) is -0.349. The number of hydrogen-bond acceptors (Lipinski definition) is 3. The number of halogens is 1. The van der Waals surface area contributed by atoms with Crippen molar-refractivity contribution in [2.45, 2.75) is 32.7 Å². The average Bonchev–Trinajstić information content (AvgIpc) is 2.47. The molecule has 1 aliphatic heterocycles. The molecule has 1 heterocycles. The molecule has 6 heteroatoms. The summed E-state index contributed by atoms with van der Waals surface area (Å²) in [7, 11) is 0. The van der Waals surface area contributed by atoms with Crippen molar-refractivity contribution in [3.63, 3.8) is 0 Å². The molecule has 0 fully saturated rings. The molecule has 22 heavy (non-hydrogen) atoms. The molecule has 0 aliphatic carbocycles. The van der Waals surface area contributed by atoms with E-state index in [1.807, 2.05) is 25.1 Å². The minimum Gasteiger partial charge on any atom is -0.463 e. The fourth-order valence-corrected chi connectivity index (χ4v) is 2.94. The van der Waals surface area contributed by atoms with Crippen molar-refractivity contribution in [2.75, 3.05) is 6.61 Å². The number of carbonyl (C=O) groups is 1. The van der Waals surface area contributed by atoms with Crippen LogP contribution < -0.4 is 10.6 Å². The number of hydrogen-bond donors (Lipinski definition) is 2. The lowest BCUT2D eigenvalue weighted by atomic mass is 9.94. The van der Waals surface area contributed by atoms with Gasteiger partial charge in [0.05, 0.1) is 18.2 Å². The van der Waals surface area contributed by atoms with E-state index in [0.717, 1.165) is 24.1 Å². The van der Waals surface area contributed by atoms with Gasteiger partial charge in [-0.05, 0) is 37.2 Å². The van der Waals surface area contributed by atoms with E-state index in [1.165, 1.54) is 0 Å². The predicted molar refractivity (Wildman–Crippen MR) is 91.6 cm³/mol. The molecule has 0 aromatic heterocycles. The van der Waals surface area contributed by atoms with Crippen LogP contribution in [0.4, 0.5) is 0 Å². The van der Waals surface area contributed by atoms with E-state index in [1.54, 1.807) is 13.0 Å². The van der Waals surface area contributed by atoms with Crippen molar-refractivity contribution in [1.82, 2.24) is 10.6 Å². The van der Waals surface area contributed by atoms with E-state index in [9.17, 15) is 4.79 Å². The van der Waals surface area contributed by atoms with Gasteiger partial charge in [0.25, 0.3) is 0 Å². The van der Waals surface area contributed by atoms with E-state index < -0.39 is 6.04 Å². The number of carbonyl (C=O) groups excluding carboxylic acids is 1. The minimum atomic E-state index is -0.400. The van der Waals surface area contributed by atoms with Gasteiger partial charge in [0.1, 0.15) is 0 Å². The largest absolute Gasteiger partial charge is 0.463 e. The van der Waals surface area contributed by atoms with Crippen molar-refractivity contribution >= 4 is 34.9 Å². The Balaban J connectivity index is 2.52. The molecule has 0 radical (unpaired) electrons. The van der Waals surface area contributed by atoms with E-state index in [4.69, 9.17) is 28.6 Å². The molecule has 1 aromatic rings. The van der Waals surface area contributed by atoms with Gasteiger partial charge in [0.15, 0.2) is 5.11 Å². The standard InChI is InChI=1S/C16H19ClN2O2S/c1-3-7-12-13(15(20)21-4-2)14(19-16(22)18-12)10-8-5-6-9-11(10)17/h5-6,8-9,14H,3-4,7H2,1-2H3,(H2,18,19,22)/t14-/m1/s1. The topological polar surface area (TPSA) is 50.4 Å². The zero-order valence-corrected chi connectivity index (χ0v) is 14.2. The van der Waals surface area contributed by atoms with Crippen LogP contribution in [0.25, 0.3) is 0 Å². The third-order valence-corrected chi connectivity index (χ3v) is 3.93. The molecule has 4 nitrogen and oxygen atoms in total. The summed E-state index contributed by atoms with van der Waals surface area (Å²) in [6.45, 7) is 4.16. The Bertz CT molecular complexity index is 616. The summed E-state index contributed by atoms with van der Waals surface area (Å²) in [6.07, 6.45) is 1.61. The molecule has 2 N–H and O–H groups in total. The van der Waals surface area contributed by atoms with Crippen LogP contribution in [0.2, 0.25) is 5.02 Å². The minimum absolute atomic E-state index is 0.321. The fraction of sp³-hybridized carbons (Fsp3) is 0.375. The van der Waals surface area contributed by atoms with Crippen LogP contribution in [0.1, 0.15) is 38.3 Å². The number of benzene rings is 1. The summed E-state index contributed by atoms with van der Waals surface area (Å²) in [5.41, 5.74) is 2.16. The van der Waals surface area contributed by atoms with E-state index in [2.05, 4.69) is 10.6 Å². The first-order chi connectivity index (χ1) is 10.6. The summed E-state index contributed by atoms with van der Waals surface area (Å²) in [6, 6.07) is 7.02. The van der Waals surface area contributed by atoms with Crippen LogP contribution in [0.3, 0.4) is 0 Å². The van der Waals surface area contributed by atoms with E-state index in [-0.39, 0.29) is 5.97 Å². The molecule has 118 valence electrons. The van der Waals surface area contributed by atoms with Gasteiger partial charge in [-0.15, -0.1) is 0 Å². The summed E-state index contributed by atoms with van der Waals surface area (Å²) in [4.78, 5) is 12.4. The van der Waals surface area contributed by atoms with E-state index in [0.29, 0.717) is 22.3 Å². The van der Waals surface area contributed by atoms with Crippen molar-refractivity contribution in [2.24, 2.45) is 0 Å². The molecular formula is C16H19ClN2O2S. The van der Waals surface area contributed by atoms with Crippen LogP contribution in [0.15, 0.2) is 35.5 Å². The van der Waals surface area contributed by atoms with Gasteiger partial charge in [-0.1, -0.05) is 43.1 Å². The van der Waals surface area contributed by atoms with Gasteiger partial charge < -0.3 is 15.4 Å². The zero-order valence-electron chi connectivity index (χ0n) is 12.6. The van der Waals surface area contributed by atoms with Crippen molar-refractivity contribution in [3.05, 3.63) is 46.1 Å². The number of esters is 1. The van der Waals surface area contributed by atoms with Gasteiger partial charge in [-0.3, -0.25) is 0 Å². The highest BCUT2D eigenvalue weighted by molar-refractivity contribution is 7.80. The molecule has 1 aromatic carbocycles. The van der Waals surface area contributed by atoms with Gasteiger partial charge in [-0.2, -0.15) is 0 Å². The molecule has 0 bridgehead atoms. The summed E-state index contributed by atoms with van der Waals surface area (Å²) in [5, 5.41) is 7.28. The highest BCUT2D eigenvalue weighted by atomic mass is 35.5. The quantitative estimate of drug-likeness (QED) is 0.636. The molecule has 0 unspecified atom stereocenters. The molecule has 2 rings (SSSR count). The summed E-state index contributed by atoms with van der Waals surface area (Å²) < 4.78 is 5.22. The second-order valence-electron chi connectivity index (χ2n) is 4.92. The Hall–Kier alpha value is -1.59. The van der Waals surface area contributed by atoms with Gasteiger partial charge in [-0.25, -0.2) is 4.79 Å². The third kappa shape index (κ3) is 3.59. The first-order valence-corrected chi connectivity index (χ1v) is 8.09. The van der Waals surface area contributed by atoms with Gasteiger partial charge >= 0.3 is 5.97 Å². The Morgan fingerprint density at radius 2 is 2.09 bits per heavy atom. The maximum Gasteiger partial charge on any atom is 0.338 e. The van der Waals surface area contributed by atoms with E-state index >= 15 is 0 Å². The highest BCUT2D eigenvalue weighted by Crippen LogP contribution is 2.33. The highest BCUT2D eigenvalue weighted by Gasteiger charge is 2.32. The molecule has 1 atom stereocenters. The summed E-state index contributed by atoms with van der Waals surface area (Å²) >= 11 is 11.6. The van der Waals surface area contributed by atoms with Crippen LogP contribution in [0, 0.1) is 0 Å². The smallest absolute Gasteiger partial charge is 0.338 e. The van der Waals surface area contributed by atoms with Crippen molar-refractivity contribution < 1.29 is 9.53 Å².